The fourth-order valence-corrected chi connectivity index (χ4v) is 1.31. The molecule has 16 heavy (non-hydrogen) atoms. The van der Waals surface area contributed by atoms with Crippen molar-refractivity contribution in [1.82, 2.24) is 0 Å². The second kappa shape index (κ2) is 10.2. The van der Waals surface area contributed by atoms with Crippen molar-refractivity contribution in [3.05, 3.63) is 48.6 Å². The van der Waals surface area contributed by atoms with Gasteiger partial charge in [-0.15, -0.1) is 0 Å². The van der Waals surface area contributed by atoms with E-state index in [-0.39, 0.29) is 0 Å². The molecule has 0 N–H and O–H groups in total. The highest BCUT2D eigenvalue weighted by molar-refractivity contribution is 5.55. The second-order valence-corrected chi connectivity index (χ2v) is 3.79. The summed E-state index contributed by atoms with van der Waals surface area (Å²) < 4.78 is 0. The van der Waals surface area contributed by atoms with E-state index in [1.165, 1.54) is 25.7 Å². The Morgan fingerprint density at radius 2 is 1.38 bits per heavy atom. The van der Waals surface area contributed by atoms with Gasteiger partial charge in [0.15, 0.2) is 0 Å². The van der Waals surface area contributed by atoms with E-state index in [0.29, 0.717) is 0 Å². The highest BCUT2D eigenvalue weighted by Gasteiger charge is 1.85. The highest BCUT2D eigenvalue weighted by atomic mass is 13.9. The van der Waals surface area contributed by atoms with E-state index in [9.17, 15) is 0 Å². The molecule has 0 radical (unpaired) electrons. The maximum absolute atomic E-state index is 3.67. The van der Waals surface area contributed by atoms with Crippen LogP contribution in [-0.4, -0.2) is 0 Å². The number of benzene rings is 1. The Kier molecular flexibility index (Phi) is 9.39. The van der Waals surface area contributed by atoms with Gasteiger partial charge in [0.25, 0.3) is 0 Å². The van der Waals surface area contributed by atoms with E-state index in [1.807, 2.05) is 36.4 Å². The highest BCUT2D eigenvalue weighted by Crippen LogP contribution is 2.06. The van der Waals surface area contributed by atoms with Gasteiger partial charge in [0.1, 0.15) is 0 Å². The molecule has 0 amide bonds. The molecule has 0 aliphatic rings. The second-order valence-electron chi connectivity index (χ2n) is 3.79. The first kappa shape index (κ1) is 14.7. The van der Waals surface area contributed by atoms with E-state index in [4.69, 9.17) is 0 Å². The van der Waals surface area contributed by atoms with Crippen molar-refractivity contribution in [2.45, 2.75) is 39.5 Å². The van der Waals surface area contributed by atoms with Crippen LogP contribution in [0.3, 0.4) is 0 Å². The van der Waals surface area contributed by atoms with Crippen LogP contribution >= 0.6 is 0 Å². The summed E-state index contributed by atoms with van der Waals surface area (Å²) in [6.07, 6.45) is 9.19. The van der Waals surface area contributed by atoms with Crippen LogP contribution < -0.4 is 0 Å². The van der Waals surface area contributed by atoms with Gasteiger partial charge in [0, 0.05) is 0 Å². The van der Waals surface area contributed by atoms with Crippen molar-refractivity contribution >= 4 is 12.2 Å². The van der Waals surface area contributed by atoms with Crippen LogP contribution in [0, 0.1) is 0 Å². The summed E-state index contributed by atoms with van der Waals surface area (Å²) in [5.41, 5.74) is 2.27. The smallest absolute Gasteiger partial charge is 0.0257 e. The minimum Gasteiger partial charge on any atom is -0.0985 e. The third kappa shape index (κ3) is 7.05. The van der Waals surface area contributed by atoms with Gasteiger partial charge >= 0.3 is 0 Å². The van der Waals surface area contributed by atoms with Crippen molar-refractivity contribution < 1.29 is 0 Å². The zero-order valence-corrected chi connectivity index (χ0v) is 10.7. The molecule has 0 heterocycles. The molecule has 0 aliphatic carbocycles. The Morgan fingerprint density at radius 3 is 1.69 bits per heavy atom. The average Bonchev–Trinajstić information content (AvgIpc) is 2.37. The van der Waals surface area contributed by atoms with Crippen molar-refractivity contribution in [2.75, 3.05) is 0 Å². The Morgan fingerprint density at radius 1 is 0.938 bits per heavy atom. The molecule has 0 saturated carbocycles. The van der Waals surface area contributed by atoms with E-state index in [2.05, 4.69) is 27.0 Å². The van der Waals surface area contributed by atoms with Crippen molar-refractivity contribution in [2.24, 2.45) is 0 Å². The number of rotatable bonds is 5. The Bertz CT molecular complexity index is 269. The minimum absolute atomic E-state index is 1.14. The molecule has 0 aromatic heterocycles. The van der Waals surface area contributed by atoms with E-state index in [0.717, 1.165) is 11.1 Å². The molecule has 0 unspecified atom stereocenters. The number of hydrogen-bond donors (Lipinski definition) is 0. The molecule has 0 bridgehead atoms. The predicted octanol–water partition coefficient (Wildman–Crippen LogP) is 5.56. The predicted molar refractivity (Wildman–Crippen MR) is 76.4 cm³/mol. The van der Waals surface area contributed by atoms with E-state index < -0.39 is 0 Å². The third-order valence-electron chi connectivity index (χ3n) is 2.34. The quantitative estimate of drug-likeness (QED) is 0.565. The summed E-state index contributed by atoms with van der Waals surface area (Å²) in [6.45, 7) is 11.8. The third-order valence-corrected chi connectivity index (χ3v) is 2.34. The molecule has 0 nitrogen and oxygen atoms in total. The van der Waals surface area contributed by atoms with E-state index >= 15 is 0 Å². The number of hydrogen-bond acceptors (Lipinski definition) is 0. The molecule has 1 aromatic carbocycles. The minimum atomic E-state index is 1.14. The Labute approximate surface area is 101 Å². The van der Waals surface area contributed by atoms with Crippen molar-refractivity contribution in [3.8, 4) is 0 Å². The molecule has 0 spiro atoms. The van der Waals surface area contributed by atoms with Crippen LogP contribution in [0.5, 0.6) is 0 Å². The van der Waals surface area contributed by atoms with Crippen LogP contribution in [0.15, 0.2) is 37.4 Å². The molecule has 0 heteroatoms. The monoisotopic (exact) mass is 216 g/mol. The summed E-state index contributed by atoms with van der Waals surface area (Å²) in [5, 5.41) is 0. The lowest BCUT2D eigenvalue weighted by Gasteiger charge is -1.93. The van der Waals surface area contributed by atoms with Gasteiger partial charge in [-0.2, -0.15) is 0 Å². The van der Waals surface area contributed by atoms with Crippen LogP contribution in [0.4, 0.5) is 0 Å². The largest absolute Gasteiger partial charge is 0.0985 e. The maximum Gasteiger partial charge on any atom is -0.0257 e. The Hall–Kier alpha value is -1.30. The molecule has 0 atom stereocenters. The van der Waals surface area contributed by atoms with Gasteiger partial charge in [-0.25, -0.2) is 0 Å². The first-order valence-electron chi connectivity index (χ1n) is 6.13. The van der Waals surface area contributed by atoms with Crippen LogP contribution in [0.1, 0.15) is 50.7 Å². The molecule has 0 fully saturated rings. The van der Waals surface area contributed by atoms with Crippen molar-refractivity contribution in [3.63, 3.8) is 0 Å². The zero-order valence-electron chi connectivity index (χ0n) is 10.7. The van der Waals surface area contributed by atoms with Crippen LogP contribution in [0.2, 0.25) is 0 Å². The normalized spacial score (nSPS) is 8.88. The molecular formula is C16H24. The maximum atomic E-state index is 3.67. The lowest BCUT2D eigenvalue weighted by atomic mass is 10.1. The summed E-state index contributed by atoms with van der Waals surface area (Å²) in [6, 6.07) is 8.06. The molecular weight excluding hydrogens is 192 g/mol. The molecule has 0 aliphatic heterocycles. The lowest BCUT2D eigenvalue weighted by molar-refractivity contribution is 0.702. The average molecular weight is 216 g/mol. The summed E-state index contributed by atoms with van der Waals surface area (Å²) >= 11 is 0. The first-order chi connectivity index (χ1) is 7.78. The van der Waals surface area contributed by atoms with Crippen LogP contribution in [0.25, 0.3) is 12.2 Å². The van der Waals surface area contributed by atoms with Gasteiger partial charge in [-0.1, -0.05) is 83.0 Å². The van der Waals surface area contributed by atoms with Gasteiger partial charge in [0.2, 0.25) is 0 Å². The van der Waals surface area contributed by atoms with Gasteiger partial charge in [-0.3, -0.25) is 0 Å². The zero-order chi connectivity index (χ0) is 12.2. The SMILES string of the molecule is C=Cc1cccc(C=C)c1.CCCCCC. The Balaban J connectivity index is 0.000000325. The first-order valence-corrected chi connectivity index (χ1v) is 6.13. The molecule has 0 saturated heterocycles. The standard InChI is InChI=1S/C10H10.C6H14/c1-3-9-6-5-7-10(4-2)8-9;1-3-5-6-4-2/h3-8H,1-2H2;3-6H2,1-2H3. The fraction of sp³-hybridized carbons (Fsp3) is 0.375. The van der Waals surface area contributed by atoms with Crippen molar-refractivity contribution in [1.29, 1.82) is 0 Å². The summed E-state index contributed by atoms with van der Waals surface area (Å²) in [7, 11) is 0. The van der Waals surface area contributed by atoms with E-state index in [1.54, 1.807) is 0 Å². The fourth-order valence-electron chi connectivity index (χ4n) is 1.31. The summed E-state index contributed by atoms with van der Waals surface area (Å²) in [4.78, 5) is 0. The molecule has 88 valence electrons. The molecule has 1 rings (SSSR count). The lowest BCUT2D eigenvalue weighted by Crippen LogP contribution is -1.72. The topological polar surface area (TPSA) is 0 Å². The van der Waals surface area contributed by atoms with Gasteiger partial charge in [0.05, 0.1) is 0 Å². The van der Waals surface area contributed by atoms with Gasteiger partial charge in [-0.05, 0) is 17.2 Å². The summed E-state index contributed by atoms with van der Waals surface area (Å²) in [5.74, 6) is 0. The molecule has 1 aromatic rings. The number of unbranched alkanes of at least 4 members (excludes halogenated alkanes) is 3. The van der Waals surface area contributed by atoms with Crippen LogP contribution in [-0.2, 0) is 0 Å². The van der Waals surface area contributed by atoms with Gasteiger partial charge < -0.3 is 0 Å².